The van der Waals surface area contributed by atoms with Crippen LogP contribution in [-0.2, 0) is 0 Å². The molecule has 0 aromatic heterocycles. The molecule has 5 heteroatoms. The maximum absolute atomic E-state index is 9.48. The van der Waals surface area contributed by atoms with Gasteiger partial charge in [-0.05, 0) is 36.4 Å². The van der Waals surface area contributed by atoms with Crippen LogP contribution < -0.4 is 5.73 Å². The van der Waals surface area contributed by atoms with Crippen LogP contribution in [0.4, 0.5) is 17.1 Å². The first-order valence-electron chi connectivity index (χ1n) is 4.94. The van der Waals surface area contributed by atoms with Crippen molar-refractivity contribution >= 4 is 17.1 Å². The van der Waals surface area contributed by atoms with Crippen molar-refractivity contribution in [3.8, 4) is 11.5 Å². The molecule has 0 aliphatic carbocycles. The van der Waals surface area contributed by atoms with E-state index in [9.17, 15) is 5.11 Å². The van der Waals surface area contributed by atoms with Crippen molar-refractivity contribution in [3.63, 3.8) is 0 Å². The van der Waals surface area contributed by atoms with E-state index in [0.717, 1.165) is 0 Å². The first-order chi connectivity index (χ1) is 8.15. The summed E-state index contributed by atoms with van der Waals surface area (Å²) >= 11 is 0. The van der Waals surface area contributed by atoms with Crippen LogP contribution in [0.3, 0.4) is 0 Å². The number of rotatable bonds is 2. The lowest BCUT2D eigenvalue weighted by atomic mass is 10.3. The highest BCUT2D eigenvalue weighted by molar-refractivity contribution is 5.54. The van der Waals surface area contributed by atoms with Gasteiger partial charge in [-0.1, -0.05) is 0 Å². The average Bonchev–Trinajstić information content (AvgIpc) is 2.30. The molecule has 2 aromatic rings. The van der Waals surface area contributed by atoms with E-state index in [2.05, 4.69) is 10.2 Å². The Balaban J connectivity index is 2.23. The molecule has 0 heterocycles. The summed E-state index contributed by atoms with van der Waals surface area (Å²) in [7, 11) is 0. The minimum absolute atomic E-state index is 0.0195. The number of phenols is 2. The summed E-state index contributed by atoms with van der Waals surface area (Å²) < 4.78 is 0. The predicted octanol–water partition coefficient (Wildman–Crippen LogP) is 3.10. The van der Waals surface area contributed by atoms with Crippen LogP contribution in [0.15, 0.2) is 52.7 Å². The maximum atomic E-state index is 9.48. The number of hydrogen-bond donors (Lipinski definition) is 3. The van der Waals surface area contributed by atoms with Gasteiger partial charge in [0.2, 0.25) is 0 Å². The third-order valence-corrected chi connectivity index (χ3v) is 2.13. The van der Waals surface area contributed by atoms with Gasteiger partial charge in [0.25, 0.3) is 0 Å². The zero-order chi connectivity index (χ0) is 12.3. The number of aromatic hydroxyl groups is 2. The topological polar surface area (TPSA) is 91.2 Å². The predicted molar refractivity (Wildman–Crippen MR) is 64.8 cm³/mol. The molecule has 0 radical (unpaired) electrons. The minimum atomic E-state index is -0.121. The zero-order valence-electron chi connectivity index (χ0n) is 8.91. The quantitative estimate of drug-likeness (QED) is 0.545. The van der Waals surface area contributed by atoms with Crippen molar-refractivity contribution < 1.29 is 10.2 Å². The number of nitrogens with zero attached hydrogens (tertiary/aromatic N) is 2. The Morgan fingerprint density at radius 2 is 1.59 bits per heavy atom. The number of nitrogens with two attached hydrogens (primary N) is 1. The van der Waals surface area contributed by atoms with Gasteiger partial charge >= 0.3 is 0 Å². The molecule has 0 spiro atoms. The molecule has 86 valence electrons. The van der Waals surface area contributed by atoms with Crippen molar-refractivity contribution in [2.24, 2.45) is 10.2 Å². The molecule has 0 bridgehead atoms. The van der Waals surface area contributed by atoms with Gasteiger partial charge in [-0.2, -0.15) is 5.11 Å². The van der Waals surface area contributed by atoms with Gasteiger partial charge in [-0.3, -0.25) is 0 Å². The van der Waals surface area contributed by atoms with Gasteiger partial charge in [0.05, 0.1) is 5.69 Å². The summed E-state index contributed by atoms with van der Waals surface area (Å²) in [6, 6.07) is 11.0. The lowest BCUT2D eigenvalue weighted by molar-refractivity contribution is 0.451. The smallest absolute Gasteiger partial charge is 0.146 e. The van der Waals surface area contributed by atoms with Crippen molar-refractivity contribution in [3.05, 3.63) is 42.5 Å². The average molecular weight is 229 g/mol. The molecule has 0 fully saturated rings. The second kappa shape index (κ2) is 4.52. The molecule has 0 unspecified atom stereocenters. The van der Waals surface area contributed by atoms with Crippen molar-refractivity contribution in [2.45, 2.75) is 0 Å². The second-order valence-electron chi connectivity index (χ2n) is 3.46. The van der Waals surface area contributed by atoms with Gasteiger partial charge in [0, 0.05) is 11.8 Å². The molecule has 2 rings (SSSR count). The van der Waals surface area contributed by atoms with E-state index in [1.54, 1.807) is 24.3 Å². The first-order valence-corrected chi connectivity index (χ1v) is 4.94. The molecule has 0 saturated heterocycles. The van der Waals surface area contributed by atoms with Gasteiger partial charge in [0.15, 0.2) is 0 Å². The highest BCUT2D eigenvalue weighted by atomic mass is 16.3. The molecule has 0 amide bonds. The molecular weight excluding hydrogens is 218 g/mol. The Kier molecular flexibility index (Phi) is 2.91. The highest BCUT2D eigenvalue weighted by Gasteiger charge is 2.00. The molecule has 4 N–H and O–H groups in total. The maximum Gasteiger partial charge on any atom is 0.146 e. The van der Waals surface area contributed by atoms with Crippen LogP contribution in [0.2, 0.25) is 0 Å². The van der Waals surface area contributed by atoms with Gasteiger partial charge in [-0.25, -0.2) is 0 Å². The lowest BCUT2D eigenvalue weighted by Gasteiger charge is -1.98. The van der Waals surface area contributed by atoms with E-state index in [1.165, 1.54) is 18.2 Å². The first kappa shape index (κ1) is 10.9. The number of benzene rings is 2. The van der Waals surface area contributed by atoms with Crippen LogP contribution in [0.25, 0.3) is 0 Å². The molecule has 0 aliphatic rings. The molecule has 17 heavy (non-hydrogen) atoms. The van der Waals surface area contributed by atoms with Crippen LogP contribution in [0.5, 0.6) is 11.5 Å². The molecular formula is C12H11N3O2. The molecule has 2 aromatic carbocycles. The van der Waals surface area contributed by atoms with E-state index in [4.69, 9.17) is 10.8 Å². The number of phenolic OH excluding ortho intramolecular Hbond substituents is 2. The fourth-order valence-corrected chi connectivity index (χ4v) is 1.25. The lowest BCUT2D eigenvalue weighted by Crippen LogP contribution is -1.80. The van der Waals surface area contributed by atoms with Crippen molar-refractivity contribution in [1.29, 1.82) is 0 Å². The summed E-state index contributed by atoms with van der Waals surface area (Å²) in [4.78, 5) is 0. The van der Waals surface area contributed by atoms with Gasteiger partial charge in [-0.15, -0.1) is 5.11 Å². The Morgan fingerprint density at radius 3 is 2.24 bits per heavy atom. The summed E-state index contributed by atoms with van der Waals surface area (Å²) in [5, 5.41) is 26.4. The van der Waals surface area contributed by atoms with E-state index in [1.807, 2.05) is 0 Å². The van der Waals surface area contributed by atoms with E-state index < -0.39 is 0 Å². The molecule has 0 atom stereocenters. The Bertz CT molecular complexity index is 550. The summed E-state index contributed by atoms with van der Waals surface area (Å²) in [5.74, 6) is -0.141. The number of azo groups is 1. The standard InChI is InChI=1S/C12H11N3O2/c13-8-1-3-9(4-2-8)14-15-11-6-5-10(16)7-12(11)17/h1-7,16-17H,13H2. The Morgan fingerprint density at radius 1 is 0.882 bits per heavy atom. The number of hydrogen-bond acceptors (Lipinski definition) is 5. The summed E-state index contributed by atoms with van der Waals surface area (Å²) in [6.07, 6.45) is 0. The largest absolute Gasteiger partial charge is 0.508 e. The Labute approximate surface area is 97.9 Å². The van der Waals surface area contributed by atoms with Crippen LogP contribution in [0.1, 0.15) is 0 Å². The highest BCUT2D eigenvalue weighted by Crippen LogP contribution is 2.31. The fraction of sp³-hybridized carbons (Fsp3) is 0. The van der Waals surface area contributed by atoms with Crippen LogP contribution in [0, 0.1) is 0 Å². The second-order valence-corrected chi connectivity index (χ2v) is 3.46. The van der Waals surface area contributed by atoms with Gasteiger partial charge in [0.1, 0.15) is 17.2 Å². The molecule has 0 saturated carbocycles. The third kappa shape index (κ3) is 2.72. The SMILES string of the molecule is Nc1ccc(N=Nc2ccc(O)cc2O)cc1. The van der Waals surface area contributed by atoms with E-state index >= 15 is 0 Å². The summed E-state index contributed by atoms with van der Waals surface area (Å²) in [5.41, 5.74) is 7.11. The Hall–Kier alpha value is -2.56. The van der Waals surface area contributed by atoms with Crippen LogP contribution >= 0.6 is 0 Å². The van der Waals surface area contributed by atoms with Gasteiger partial charge < -0.3 is 15.9 Å². The molecule has 5 nitrogen and oxygen atoms in total. The zero-order valence-corrected chi connectivity index (χ0v) is 8.91. The fourth-order valence-electron chi connectivity index (χ4n) is 1.25. The van der Waals surface area contributed by atoms with E-state index in [0.29, 0.717) is 17.1 Å². The minimum Gasteiger partial charge on any atom is -0.508 e. The normalized spacial score (nSPS) is 10.8. The van der Waals surface area contributed by atoms with Crippen molar-refractivity contribution in [2.75, 3.05) is 5.73 Å². The summed E-state index contributed by atoms with van der Waals surface area (Å²) in [6.45, 7) is 0. The molecule has 0 aliphatic heterocycles. The number of anilines is 1. The monoisotopic (exact) mass is 229 g/mol. The van der Waals surface area contributed by atoms with E-state index in [-0.39, 0.29) is 11.5 Å². The van der Waals surface area contributed by atoms with Crippen LogP contribution in [-0.4, -0.2) is 10.2 Å². The third-order valence-electron chi connectivity index (χ3n) is 2.13. The van der Waals surface area contributed by atoms with Crippen molar-refractivity contribution in [1.82, 2.24) is 0 Å². The number of nitrogen functional groups attached to an aromatic ring is 1.